The molecule has 1 saturated heterocycles. The highest BCUT2D eigenvalue weighted by molar-refractivity contribution is 7.17. The molecule has 156 valence electrons. The molecule has 8 nitrogen and oxygen atoms in total. The first-order valence-corrected chi connectivity index (χ1v) is 11.1. The van der Waals surface area contributed by atoms with Gasteiger partial charge in [-0.05, 0) is 31.2 Å². The second-order valence-corrected chi connectivity index (χ2v) is 9.18. The quantitative estimate of drug-likeness (QED) is 0.755. The Morgan fingerprint density at radius 2 is 2.14 bits per heavy atom. The Kier molecular flexibility index (Phi) is 6.86. The van der Waals surface area contributed by atoms with Gasteiger partial charge in [0.05, 0.1) is 18.2 Å². The summed E-state index contributed by atoms with van der Waals surface area (Å²) in [6.45, 7) is 3.25. The highest BCUT2D eigenvalue weighted by Crippen LogP contribution is 2.25. The topological polar surface area (TPSA) is 94.6 Å². The second kappa shape index (κ2) is 9.36. The number of nitrogens with one attached hydrogen (secondary N) is 2. The molecule has 0 aromatic carbocycles. The Morgan fingerprint density at radius 3 is 2.83 bits per heavy atom. The Morgan fingerprint density at radius 1 is 1.34 bits per heavy atom. The average Bonchev–Trinajstić information content (AvgIpc) is 3.35. The van der Waals surface area contributed by atoms with Gasteiger partial charge in [0.15, 0.2) is 5.13 Å². The maximum absolute atomic E-state index is 12.7. The molecule has 0 radical (unpaired) electrons. The van der Waals surface area contributed by atoms with Gasteiger partial charge in [0.2, 0.25) is 5.91 Å². The number of hydrogen-bond donors (Lipinski definition) is 2. The summed E-state index contributed by atoms with van der Waals surface area (Å²) in [7, 11) is 3.36. The minimum absolute atomic E-state index is 0.133. The first-order valence-electron chi connectivity index (χ1n) is 9.40. The molecule has 2 aromatic rings. The lowest BCUT2D eigenvalue weighted by Crippen LogP contribution is -2.47. The number of nitrogens with zero attached hydrogens (tertiary/aromatic N) is 3. The molecule has 29 heavy (non-hydrogen) atoms. The number of amides is 4. The van der Waals surface area contributed by atoms with Crippen LogP contribution in [0.4, 0.5) is 9.93 Å². The fourth-order valence-corrected chi connectivity index (χ4v) is 4.76. The van der Waals surface area contributed by atoms with E-state index in [0.717, 1.165) is 11.3 Å². The average molecular weight is 436 g/mol. The van der Waals surface area contributed by atoms with Crippen molar-refractivity contribution < 1.29 is 14.4 Å². The van der Waals surface area contributed by atoms with E-state index < -0.39 is 0 Å². The van der Waals surface area contributed by atoms with E-state index in [9.17, 15) is 14.4 Å². The van der Waals surface area contributed by atoms with Gasteiger partial charge in [-0.25, -0.2) is 9.78 Å². The van der Waals surface area contributed by atoms with E-state index in [0.29, 0.717) is 41.8 Å². The van der Waals surface area contributed by atoms with Crippen LogP contribution < -0.4 is 10.6 Å². The van der Waals surface area contributed by atoms with Gasteiger partial charge in [0.25, 0.3) is 5.91 Å². The molecule has 1 atom stereocenters. The molecule has 1 fully saturated rings. The van der Waals surface area contributed by atoms with Crippen molar-refractivity contribution in [3.8, 4) is 0 Å². The maximum atomic E-state index is 12.7. The molecule has 10 heteroatoms. The third-order valence-corrected chi connectivity index (χ3v) is 6.64. The van der Waals surface area contributed by atoms with Crippen molar-refractivity contribution in [3.05, 3.63) is 33.0 Å². The lowest BCUT2D eigenvalue weighted by Gasteiger charge is -2.31. The van der Waals surface area contributed by atoms with Crippen molar-refractivity contribution in [1.29, 1.82) is 0 Å². The molecule has 0 saturated carbocycles. The van der Waals surface area contributed by atoms with Crippen LogP contribution in [-0.4, -0.2) is 59.8 Å². The molecule has 3 heterocycles. The van der Waals surface area contributed by atoms with E-state index in [4.69, 9.17) is 0 Å². The SMILES string of the molecule is Cc1nc(NC(=O)C2CCCN(C(=O)NCc3cccs3)C2)sc1C(=O)N(C)C. The van der Waals surface area contributed by atoms with Gasteiger partial charge < -0.3 is 20.4 Å². The molecule has 3 rings (SSSR count). The normalized spacial score (nSPS) is 16.4. The fourth-order valence-electron chi connectivity index (χ4n) is 3.12. The number of carbonyl (C=O) groups is 3. The number of carbonyl (C=O) groups excluding carboxylic acids is 3. The van der Waals surface area contributed by atoms with Crippen molar-refractivity contribution in [2.45, 2.75) is 26.3 Å². The number of thiophene rings is 1. The first kappa shape index (κ1) is 21.3. The van der Waals surface area contributed by atoms with Gasteiger partial charge in [-0.3, -0.25) is 9.59 Å². The van der Waals surface area contributed by atoms with Crippen LogP contribution in [0.1, 0.15) is 33.1 Å². The van der Waals surface area contributed by atoms with Crippen LogP contribution in [0.25, 0.3) is 0 Å². The summed E-state index contributed by atoms with van der Waals surface area (Å²) in [6.07, 6.45) is 1.49. The molecule has 1 aliphatic heterocycles. The minimum Gasteiger partial charge on any atom is -0.344 e. The number of hydrogen-bond acceptors (Lipinski definition) is 6. The molecule has 1 unspecified atom stereocenters. The predicted octanol–water partition coefficient (Wildman–Crippen LogP) is 2.78. The third-order valence-electron chi connectivity index (χ3n) is 4.70. The lowest BCUT2D eigenvalue weighted by molar-refractivity contribution is -0.121. The van der Waals surface area contributed by atoms with Crippen LogP contribution in [-0.2, 0) is 11.3 Å². The van der Waals surface area contributed by atoms with Crippen LogP contribution in [0.2, 0.25) is 0 Å². The highest BCUT2D eigenvalue weighted by Gasteiger charge is 2.29. The number of piperidine rings is 1. The standard InChI is InChI=1S/C19H25N5O3S2/c1-12-15(17(26)23(2)3)29-18(21-12)22-16(25)13-6-4-8-24(11-13)19(27)20-10-14-7-5-9-28-14/h5,7,9,13H,4,6,8,10-11H2,1-3H3,(H,20,27)(H,21,22,25). The summed E-state index contributed by atoms with van der Waals surface area (Å²) in [5, 5.41) is 8.12. The minimum atomic E-state index is -0.298. The summed E-state index contributed by atoms with van der Waals surface area (Å²) in [4.78, 5) is 46.4. The van der Waals surface area contributed by atoms with Crippen LogP contribution in [0, 0.1) is 12.8 Å². The van der Waals surface area contributed by atoms with E-state index in [1.54, 1.807) is 37.3 Å². The highest BCUT2D eigenvalue weighted by atomic mass is 32.1. The number of aryl methyl sites for hydroxylation is 1. The van der Waals surface area contributed by atoms with Crippen molar-refractivity contribution in [1.82, 2.24) is 20.1 Å². The number of urea groups is 1. The van der Waals surface area contributed by atoms with E-state index in [-0.39, 0.29) is 23.8 Å². The summed E-state index contributed by atoms with van der Waals surface area (Å²) in [6, 6.07) is 3.77. The molecular weight excluding hydrogens is 410 g/mol. The predicted molar refractivity (Wildman–Crippen MR) is 114 cm³/mol. The lowest BCUT2D eigenvalue weighted by atomic mass is 9.97. The zero-order valence-electron chi connectivity index (χ0n) is 16.7. The van der Waals surface area contributed by atoms with E-state index in [1.165, 1.54) is 16.2 Å². The Labute approximate surface area is 177 Å². The van der Waals surface area contributed by atoms with E-state index >= 15 is 0 Å². The molecule has 4 amide bonds. The largest absolute Gasteiger partial charge is 0.344 e. The molecule has 2 N–H and O–H groups in total. The number of rotatable bonds is 5. The monoisotopic (exact) mass is 435 g/mol. The summed E-state index contributed by atoms with van der Waals surface area (Å²) in [5.74, 6) is -0.599. The van der Waals surface area contributed by atoms with Gasteiger partial charge in [0, 0.05) is 32.1 Å². The van der Waals surface area contributed by atoms with E-state index in [2.05, 4.69) is 15.6 Å². The summed E-state index contributed by atoms with van der Waals surface area (Å²) in [5.41, 5.74) is 0.599. The van der Waals surface area contributed by atoms with E-state index in [1.807, 2.05) is 17.5 Å². The smallest absolute Gasteiger partial charge is 0.317 e. The molecular formula is C19H25N5O3S2. The first-order chi connectivity index (χ1) is 13.8. The Balaban J connectivity index is 1.56. The van der Waals surface area contributed by atoms with Crippen molar-refractivity contribution in [2.75, 3.05) is 32.5 Å². The fraction of sp³-hybridized carbons (Fsp3) is 0.474. The van der Waals surface area contributed by atoms with Gasteiger partial charge in [-0.15, -0.1) is 11.3 Å². The Bertz CT molecular complexity index is 879. The summed E-state index contributed by atoms with van der Waals surface area (Å²) < 4.78 is 0. The number of thiazole rings is 1. The van der Waals surface area contributed by atoms with Crippen LogP contribution in [0.3, 0.4) is 0 Å². The van der Waals surface area contributed by atoms with Gasteiger partial charge in [-0.2, -0.15) is 0 Å². The van der Waals surface area contributed by atoms with Crippen LogP contribution >= 0.6 is 22.7 Å². The number of anilines is 1. The third kappa shape index (κ3) is 5.33. The van der Waals surface area contributed by atoms with Crippen molar-refractivity contribution in [2.24, 2.45) is 5.92 Å². The molecule has 1 aliphatic rings. The van der Waals surface area contributed by atoms with Gasteiger partial charge in [-0.1, -0.05) is 17.4 Å². The van der Waals surface area contributed by atoms with Crippen LogP contribution in [0.15, 0.2) is 17.5 Å². The zero-order chi connectivity index (χ0) is 21.0. The number of likely N-dealkylation sites (tertiary alicyclic amines) is 1. The molecule has 2 aromatic heterocycles. The molecule has 0 aliphatic carbocycles. The second-order valence-electron chi connectivity index (χ2n) is 7.15. The van der Waals surface area contributed by atoms with Crippen molar-refractivity contribution in [3.63, 3.8) is 0 Å². The molecule has 0 bridgehead atoms. The maximum Gasteiger partial charge on any atom is 0.317 e. The number of aromatic nitrogens is 1. The van der Waals surface area contributed by atoms with Crippen LogP contribution in [0.5, 0.6) is 0 Å². The van der Waals surface area contributed by atoms with Gasteiger partial charge >= 0.3 is 6.03 Å². The zero-order valence-corrected chi connectivity index (χ0v) is 18.4. The van der Waals surface area contributed by atoms with Crippen molar-refractivity contribution >= 4 is 45.7 Å². The molecule has 0 spiro atoms. The Hall–Kier alpha value is -2.46. The summed E-state index contributed by atoms with van der Waals surface area (Å²) >= 11 is 2.77. The van der Waals surface area contributed by atoms with Gasteiger partial charge in [0.1, 0.15) is 4.88 Å².